The second kappa shape index (κ2) is 12.2. The topological polar surface area (TPSA) is 55.8 Å². The number of hydrogen-bond acceptors (Lipinski definition) is 5. The van der Waals surface area contributed by atoms with Crippen LogP contribution in [-0.2, 0) is 17.9 Å². The Morgan fingerprint density at radius 1 is 1.08 bits per heavy atom. The zero-order chi connectivity index (χ0) is 25.8. The first-order chi connectivity index (χ1) is 17.2. The van der Waals surface area contributed by atoms with E-state index >= 15 is 0 Å². The van der Waals surface area contributed by atoms with E-state index in [1.807, 2.05) is 43.3 Å². The number of carbonyl (C=O) groups is 2. The lowest BCUT2D eigenvalue weighted by Crippen LogP contribution is -2.27. The van der Waals surface area contributed by atoms with Crippen LogP contribution in [0.3, 0.4) is 0 Å². The van der Waals surface area contributed by atoms with E-state index in [-0.39, 0.29) is 24.3 Å². The molecule has 1 saturated heterocycles. The van der Waals surface area contributed by atoms with Gasteiger partial charge < -0.3 is 9.47 Å². The molecule has 3 aromatic rings. The number of halogens is 4. The lowest BCUT2D eigenvalue weighted by atomic mass is 10.1. The lowest BCUT2D eigenvalue weighted by Gasteiger charge is -2.15. The molecule has 1 aliphatic heterocycles. The Morgan fingerprint density at radius 2 is 1.89 bits per heavy atom. The van der Waals surface area contributed by atoms with Crippen LogP contribution < -0.4 is 9.47 Å². The van der Waals surface area contributed by atoms with Crippen LogP contribution in [0.1, 0.15) is 23.6 Å². The van der Waals surface area contributed by atoms with E-state index in [1.54, 1.807) is 24.3 Å². The maximum absolute atomic E-state index is 13.0. The van der Waals surface area contributed by atoms with Crippen molar-refractivity contribution in [3.8, 4) is 11.5 Å². The molecule has 1 fully saturated rings. The van der Waals surface area contributed by atoms with E-state index < -0.39 is 0 Å². The van der Waals surface area contributed by atoms with E-state index in [4.69, 9.17) is 32.7 Å². The van der Waals surface area contributed by atoms with Gasteiger partial charge in [0, 0.05) is 20.1 Å². The van der Waals surface area contributed by atoms with Gasteiger partial charge in [0.05, 0.1) is 21.6 Å². The molecule has 0 unspecified atom stereocenters. The van der Waals surface area contributed by atoms with Gasteiger partial charge in [-0.25, -0.2) is 0 Å². The van der Waals surface area contributed by atoms with Gasteiger partial charge in [-0.15, -0.1) is 0 Å². The first kappa shape index (κ1) is 27.3. The third-order valence-electron chi connectivity index (χ3n) is 5.12. The fourth-order valence-corrected chi connectivity index (χ4v) is 6.00. The maximum atomic E-state index is 13.0. The van der Waals surface area contributed by atoms with Gasteiger partial charge in [-0.3, -0.25) is 14.5 Å². The molecule has 0 atom stereocenters. The number of hydrogen-bond donors (Lipinski definition) is 0. The van der Waals surface area contributed by atoms with Gasteiger partial charge in [-0.2, -0.15) is 0 Å². The fraction of sp³-hybridized carbons (Fsp3) is 0.154. The van der Waals surface area contributed by atoms with Crippen molar-refractivity contribution in [3.63, 3.8) is 0 Å². The number of rotatable bonds is 8. The van der Waals surface area contributed by atoms with Crippen LogP contribution >= 0.6 is 73.5 Å². The number of imide groups is 1. The average Bonchev–Trinajstić information content (AvgIpc) is 3.07. The second-order valence-corrected chi connectivity index (χ2v) is 11.6. The summed E-state index contributed by atoms with van der Waals surface area (Å²) in [5.74, 6) is 0.785. The Balaban J connectivity index is 1.56. The summed E-state index contributed by atoms with van der Waals surface area (Å²) in [5.41, 5.74) is 2.39. The highest BCUT2D eigenvalue weighted by atomic mass is 127. The minimum Gasteiger partial charge on any atom is -0.490 e. The predicted octanol–water partition coefficient (Wildman–Crippen LogP) is 8.57. The standard InChI is InChI=1S/C26H19BrCl2INO4S/c1-2-34-22-10-16(9-21(30)24(22)35-14-17-6-7-19(28)12-20(17)29)11-23-25(32)31(26(33)36-23)13-15-4-3-5-18(27)8-15/h3-12H,2,13-14H2,1H3/b23-11+. The largest absolute Gasteiger partial charge is 0.490 e. The van der Waals surface area contributed by atoms with Crippen molar-refractivity contribution < 1.29 is 19.1 Å². The monoisotopic (exact) mass is 717 g/mol. The molecule has 36 heavy (non-hydrogen) atoms. The quantitative estimate of drug-likeness (QED) is 0.173. The summed E-state index contributed by atoms with van der Waals surface area (Å²) in [6, 6.07) is 16.5. The van der Waals surface area contributed by atoms with Crippen LogP contribution in [0.5, 0.6) is 11.5 Å². The number of carbonyl (C=O) groups excluding carboxylic acids is 2. The Hall–Kier alpha value is -1.72. The third-order valence-corrected chi connectivity index (χ3v) is 7.91. The molecular formula is C26H19BrCl2INO4S. The number of ether oxygens (including phenoxy) is 2. The minimum absolute atomic E-state index is 0.212. The first-order valence-electron chi connectivity index (χ1n) is 10.8. The van der Waals surface area contributed by atoms with Gasteiger partial charge in [0.25, 0.3) is 11.1 Å². The summed E-state index contributed by atoms with van der Waals surface area (Å²) in [6.45, 7) is 2.76. The zero-order valence-electron chi connectivity index (χ0n) is 18.9. The van der Waals surface area contributed by atoms with E-state index in [0.29, 0.717) is 33.1 Å². The van der Waals surface area contributed by atoms with Crippen LogP contribution in [0.15, 0.2) is 64.0 Å². The summed E-state index contributed by atoms with van der Waals surface area (Å²) in [6.07, 6.45) is 1.70. The van der Waals surface area contributed by atoms with Crippen LogP contribution in [-0.4, -0.2) is 22.7 Å². The van der Waals surface area contributed by atoms with Crippen LogP contribution in [0.2, 0.25) is 10.0 Å². The molecule has 5 nitrogen and oxygen atoms in total. The third kappa shape index (κ3) is 6.58. The van der Waals surface area contributed by atoms with Crippen LogP contribution in [0.25, 0.3) is 6.08 Å². The first-order valence-corrected chi connectivity index (χ1v) is 14.2. The van der Waals surface area contributed by atoms with Gasteiger partial charge in [-0.05, 0) is 94.9 Å². The van der Waals surface area contributed by atoms with E-state index in [1.165, 1.54) is 4.90 Å². The van der Waals surface area contributed by atoms with E-state index in [0.717, 1.165) is 36.5 Å². The van der Waals surface area contributed by atoms with Crippen LogP contribution in [0.4, 0.5) is 4.79 Å². The average molecular weight is 719 g/mol. The molecule has 0 saturated carbocycles. The van der Waals surface area contributed by atoms with Gasteiger partial charge in [0.15, 0.2) is 11.5 Å². The van der Waals surface area contributed by atoms with Gasteiger partial charge in [-0.1, -0.05) is 57.3 Å². The number of thioether (sulfide) groups is 1. The summed E-state index contributed by atoms with van der Waals surface area (Å²) >= 11 is 18.8. The van der Waals surface area contributed by atoms with Gasteiger partial charge >= 0.3 is 0 Å². The predicted molar refractivity (Wildman–Crippen MR) is 157 cm³/mol. The molecule has 0 radical (unpaired) electrons. The molecule has 1 heterocycles. The molecule has 10 heteroatoms. The number of benzene rings is 3. The van der Waals surface area contributed by atoms with Crippen molar-refractivity contribution in [2.45, 2.75) is 20.1 Å². The van der Waals surface area contributed by atoms with Crippen molar-refractivity contribution in [1.29, 1.82) is 0 Å². The van der Waals surface area contributed by atoms with Crippen molar-refractivity contribution >= 4 is 90.7 Å². The van der Waals surface area contributed by atoms with Crippen molar-refractivity contribution in [3.05, 3.63) is 94.3 Å². The molecule has 1 aliphatic rings. The molecule has 186 valence electrons. The smallest absolute Gasteiger partial charge is 0.293 e. The molecule has 0 aliphatic carbocycles. The highest BCUT2D eigenvalue weighted by molar-refractivity contribution is 14.1. The van der Waals surface area contributed by atoms with E-state index in [9.17, 15) is 9.59 Å². The van der Waals surface area contributed by atoms with Crippen LogP contribution in [0, 0.1) is 3.57 Å². The lowest BCUT2D eigenvalue weighted by molar-refractivity contribution is -0.123. The summed E-state index contributed by atoms with van der Waals surface area (Å²) in [7, 11) is 0. The SMILES string of the molecule is CCOc1cc(/C=C2/SC(=O)N(Cc3cccc(Br)c3)C2=O)cc(I)c1OCc1ccc(Cl)cc1Cl. The molecule has 0 aromatic heterocycles. The second-order valence-electron chi connectivity index (χ2n) is 7.69. The molecular weight excluding hydrogens is 700 g/mol. The highest BCUT2D eigenvalue weighted by Crippen LogP contribution is 2.38. The van der Waals surface area contributed by atoms with Gasteiger partial charge in [0.2, 0.25) is 0 Å². The summed E-state index contributed by atoms with van der Waals surface area (Å²) < 4.78 is 13.6. The Kier molecular flexibility index (Phi) is 9.27. The number of nitrogens with zero attached hydrogens (tertiary/aromatic N) is 1. The summed E-state index contributed by atoms with van der Waals surface area (Å²) in [5, 5.41) is 0.773. The van der Waals surface area contributed by atoms with Crippen molar-refractivity contribution in [2.75, 3.05) is 6.61 Å². The van der Waals surface area contributed by atoms with E-state index in [2.05, 4.69) is 38.5 Å². The maximum Gasteiger partial charge on any atom is 0.293 e. The Morgan fingerprint density at radius 3 is 2.61 bits per heavy atom. The van der Waals surface area contributed by atoms with Gasteiger partial charge in [0.1, 0.15) is 6.61 Å². The normalized spacial score (nSPS) is 14.6. The zero-order valence-corrected chi connectivity index (χ0v) is 25.0. The van der Waals surface area contributed by atoms with Crippen molar-refractivity contribution in [2.24, 2.45) is 0 Å². The minimum atomic E-state index is -0.323. The highest BCUT2D eigenvalue weighted by Gasteiger charge is 2.35. The molecule has 3 aromatic carbocycles. The molecule has 0 N–H and O–H groups in total. The molecule has 0 bridgehead atoms. The summed E-state index contributed by atoms with van der Waals surface area (Å²) in [4.78, 5) is 27.2. The Labute approximate surface area is 245 Å². The molecule has 4 rings (SSSR count). The fourth-order valence-electron chi connectivity index (χ4n) is 3.47. The Bertz CT molecular complexity index is 1370. The number of amides is 2. The van der Waals surface area contributed by atoms with Crippen molar-refractivity contribution in [1.82, 2.24) is 4.90 Å². The molecule has 2 amide bonds. The molecule has 0 spiro atoms.